The molecule has 0 fully saturated rings. The molecule has 0 N–H and O–H groups in total. The van der Waals surface area contributed by atoms with E-state index in [1.54, 1.807) is 0 Å². The fourth-order valence-electron chi connectivity index (χ4n) is 8.89. The third-order valence-electron chi connectivity index (χ3n) is 11.4. The Kier molecular flexibility index (Phi) is 7.25. The lowest BCUT2D eigenvalue weighted by atomic mass is 9.85. The summed E-state index contributed by atoms with van der Waals surface area (Å²) in [4.78, 5) is 0. The molecule has 55 heavy (non-hydrogen) atoms. The lowest BCUT2D eigenvalue weighted by molar-refractivity contribution is 1.18. The van der Waals surface area contributed by atoms with Crippen LogP contribution in [-0.4, -0.2) is 4.57 Å². The van der Waals surface area contributed by atoms with Crippen molar-refractivity contribution in [1.29, 1.82) is 0 Å². The highest BCUT2D eigenvalue weighted by molar-refractivity contribution is 6.22. The molecule has 10 aromatic carbocycles. The van der Waals surface area contributed by atoms with Crippen LogP contribution in [0.25, 0.3) is 104 Å². The van der Waals surface area contributed by atoms with Gasteiger partial charge in [-0.25, -0.2) is 0 Å². The third-order valence-corrected chi connectivity index (χ3v) is 11.4. The predicted octanol–water partition coefficient (Wildman–Crippen LogP) is 14.9. The minimum atomic E-state index is 1.15. The van der Waals surface area contributed by atoms with Crippen LogP contribution < -0.4 is 0 Å². The highest BCUT2D eigenvalue weighted by Crippen LogP contribution is 2.45. The van der Waals surface area contributed by atoms with Gasteiger partial charge in [0.1, 0.15) is 0 Å². The van der Waals surface area contributed by atoms with Gasteiger partial charge in [0.25, 0.3) is 0 Å². The van der Waals surface area contributed by atoms with E-state index >= 15 is 0 Å². The van der Waals surface area contributed by atoms with Crippen molar-refractivity contribution in [2.75, 3.05) is 0 Å². The summed E-state index contributed by atoms with van der Waals surface area (Å²) in [5.74, 6) is 0. The molecular formula is C54H35N. The van der Waals surface area contributed by atoms with E-state index in [2.05, 4.69) is 217 Å². The summed E-state index contributed by atoms with van der Waals surface area (Å²) in [6.07, 6.45) is 0. The highest BCUT2D eigenvalue weighted by Gasteiger charge is 2.18. The summed E-state index contributed by atoms with van der Waals surface area (Å²) >= 11 is 0. The lowest BCUT2D eigenvalue weighted by Gasteiger charge is -2.18. The average Bonchev–Trinajstić information content (AvgIpc) is 3.59. The zero-order valence-corrected chi connectivity index (χ0v) is 30.2. The molecule has 0 spiro atoms. The second kappa shape index (κ2) is 12.7. The number of benzene rings is 10. The Balaban J connectivity index is 1.09. The van der Waals surface area contributed by atoms with Crippen molar-refractivity contribution in [1.82, 2.24) is 4.57 Å². The van der Waals surface area contributed by atoms with Crippen molar-refractivity contribution in [3.63, 3.8) is 0 Å². The van der Waals surface area contributed by atoms with Gasteiger partial charge in [0, 0.05) is 16.5 Å². The molecule has 0 aliphatic carbocycles. The number of aromatic nitrogens is 1. The Morgan fingerprint density at radius 3 is 1.45 bits per heavy atom. The molecule has 11 aromatic rings. The molecule has 0 aliphatic rings. The molecule has 0 saturated carbocycles. The summed E-state index contributed by atoms with van der Waals surface area (Å²) in [6, 6.07) is 77.7. The van der Waals surface area contributed by atoms with Gasteiger partial charge in [-0.15, -0.1) is 0 Å². The molecule has 1 aromatic heterocycles. The molecule has 1 heteroatoms. The smallest absolute Gasteiger partial charge is 0.0541 e. The van der Waals surface area contributed by atoms with E-state index in [1.807, 2.05) is 0 Å². The topological polar surface area (TPSA) is 4.93 Å². The summed E-state index contributed by atoms with van der Waals surface area (Å²) < 4.78 is 2.41. The molecule has 1 nitrogen and oxygen atoms in total. The van der Waals surface area contributed by atoms with Crippen LogP contribution in [-0.2, 0) is 0 Å². The second-order valence-corrected chi connectivity index (χ2v) is 14.4. The first-order valence-electron chi connectivity index (χ1n) is 19.0. The summed E-state index contributed by atoms with van der Waals surface area (Å²) in [5, 5.41) is 10.1. The van der Waals surface area contributed by atoms with Crippen molar-refractivity contribution in [2.24, 2.45) is 0 Å². The van der Waals surface area contributed by atoms with E-state index in [0.29, 0.717) is 0 Å². The standard InChI is InChI=1S/C54H35N/c1-3-15-38(16-4-1)53-46-22-9-10-23-47(46)54(39-17-5-2-6-18-39)50-35-40(28-32-48(50)53)41-29-33-52-49(34-41)45-21-11-12-25-51(45)55(52)42-30-26-37(27-31-42)44-24-13-19-36-14-7-8-20-43(36)44/h1-35H. The van der Waals surface area contributed by atoms with Crippen LogP contribution in [0.5, 0.6) is 0 Å². The fourth-order valence-corrected chi connectivity index (χ4v) is 8.89. The van der Waals surface area contributed by atoms with Crippen LogP contribution in [0.1, 0.15) is 0 Å². The third kappa shape index (κ3) is 5.09. The molecule has 11 rings (SSSR count). The summed E-state index contributed by atoms with van der Waals surface area (Å²) in [7, 11) is 0. The Labute approximate surface area is 320 Å². The number of hydrogen-bond acceptors (Lipinski definition) is 0. The van der Waals surface area contributed by atoms with Crippen LogP contribution in [0.2, 0.25) is 0 Å². The van der Waals surface area contributed by atoms with Crippen molar-refractivity contribution >= 4 is 54.1 Å². The van der Waals surface area contributed by atoms with Gasteiger partial charge in [-0.3, -0.25) is 0 Å². The Hall–Kier alpha value is -7.22. The minimum Gasteiger partial charge on any atom is -0.309 e. The van der Waals surface area contributed by atoms with E-state index in [9.17, 15) is 0 Å². The van der Waals surface area contributed by atoms with Crippen molar-refractivity contribution in [3.8, 4) is 50.2 Å². The molecular weight excluding hydrogens is 663 g/mol. The molecule has 0 unspecified atom stereocenters. The van der Waals surface area contributed by atoms with E-state index in [0.717, 1.165) is 5.69 Å². The first-order valence-corrected chi connectivity index (χ1v) is 19.0. The van der Waals surface area contributed by atoms with E-state index in [-0.39, 0.29) is 0 Å². The van der Waals surface area contributed by atoms with Gasteiger partial charge in [-0.05, 0) is 113 Å². The number of rotatable bonds is 5. The van der Waals surface area contributed by atoms with Crippen LogP contribution in [0.3, 0.4) is 0 Å². The normalized spacial score (nSPS) is 11.6. The predicted molar refractivity (Wildman–Crippen MR) is 235 cm³/mol. The molecule has 0 amide bonds. The molecule has 1 heterocycles. The van der Waals surface area contributed by atoms with E-state index < -0.39 is 0 Å². The molecule has 0 atom stereocenters. The fraction of sp³-hybridized carbons (Fsp3) is 0. The van der Waals surface area contributed by atoms with Crippen LogP contribution >= 0.6 is 0 Å². The average molecular weight is 698 g/mol. The SMILES string of the molecule is c1ccc(-c2c3ccccc3c(-c3ccccc3)c3cc(-c4ccc5c(c4)c4ccccc4n5-c4ccc(-c5cccc6ccccc56)cc4)ccc23)cc1. The van der Waals surface area contributed by atoms with Gasteiger partial charge in [-0.2, -0.15) is 0 Å². The second-order valence-electron chi connectivity index (χ2n) is 14.4. The van der Waals surface area contributed by atoms with Gasteiger partial charge < -0.3 is 4.57 Å². The highest BCUT2D eigenvalue weighted by atomic mass is 15.0. The first-order chi connectivity index (χ1) is 27.3. The van der Waals surface area contributed by atoms with Gasteiger partial charge in [0.2, 0.25) is 0 Å². The van der Waals surface area contributed by atoms with Crippen molar-refractivity contribution in [3.05, 3.63) is 212 Å². The Bertz CT molecular complexity index is 3220. The quantitative estimate of drug-likeness (QED) is 0.158. The molecule has 0 bridgehead atoms. The number of fused-ring (bicyclic) bond motifs is 6. The largest absolute Gasteiger partial charge is 0.309 e. The minimum absolute atomic E-state index is 1.15. The Morgan fingerprint density at radius 1 is 0.255 bits per heavy atom. The monoisotopic (exact) mass is 697 g/mol. The van der Waals surface area contributed by atoms with E-state index in [1.165, 1.54) is 98.6 Å². The molecule has 256 valence electrons. The molecule has 0 radical (unpaired) electrons. The molecule has 0 aliphatic heterocycles. The zero-order chi connectivity index (χ0) is 36.3. The van der Waals surface area contributed by atoms with Gasteiger partial charge in [-0.1, -0.05) is 176 Å². The van der Waals surface area contributed by atoms with Gasteiger partial charge >= 0.3 is 0 Å². The maximum Gasteiger partial charge on any atom is 0.0541 e. The lowest BCUT2D eigenvalue weighted by Crippen LogP contribution is -1.94. The van der Waals surface area contributed by atoms with Crippen LogP contribution in [0, 0.1) is 0 Å². The Morgan fingerprint density at radius 2 is 0.745 bits per heavy atom. The van der Waals surface area contributed by atoms with E-state index in [4.69, 9.17) is 0 Å². The number of hydrogen-bond donors (Lipinski definition) is 0. The number of para-hydroxylation sites is 1. The summed E-state index contributed by atoms with van der Waals surface area (Å²) in [5.41, 5.74) is 13.5. The maximum atomic E-state index is 2.42. The van der Waals surface area contributed by atoms with Crippen LogP contribution in [0.4, 0.5) is 0 Å². The van der Waals surface area contributed by atoms with Crippen molar-refractivity contribution < 1.29 is 0 Å². The van der Waals surface area contributed by atoms with Gasteiger partial charge in [0.05, 0.1) is 11.0 Å². The van der Waals surface area contributed by atoms with Gasteiger partial charge in [0.15, 0.2) is 0 Å². The maximum absolute atomic E-state index is 2.42. The number of nitrogens with zero attached hydrogens (tertiary/aromatic N) is 1. The molecule has 0 saturated heterocycles. The zero-order valence-electron chi connectivity index (χ0n) is 30.2. The summed E-state index contributed by atoms with van der Waals surface area (Å²) in [6.45, 7) is 0. The first kappa shape index (κ1) is 31.3. The van der Waals surface area contributed by atoms with Crippen molar-refractivity contribution in [2.45, 2.75) is 0 Å². The van der Waals surface area contributed by atoms with Crippen LogP contribution in [0.15, 0.2) is 212 Å².